The van der Waals surface area contributed by atoms with Gasteiger partial charge in [0, 0.05) is 13.1 Å². The number of thiophene rings is 1. The minimum atomic E-state index is 0.0233. The lowest BCUT2D eigenvalue weighted by Gasteiger charge is -2.12. The maximum atomic E-state index is 12.6. The number of fused-ring (bicyclic) bond motifs is 1. The van der Waals surface area contributed by atoms with Crippen molar-refractivity contribution in [1.29, 1.82) is 0 Å². The Morgan fingerprint density at radius 3 is 2.76 bits per heavy atom. The highest BCUT2D eigenvalue weighted by atomic mass is 32.1. The molecule has 5 heteroatoms. The molecule has 0 radical (unpaired) electrons. The quantitative estimate of drug-likeness (QED) is 0.627. The van der Waals surface area contributed by atoms with Gasteiger partial charge in [-0.25, -0.2) is 0 Å². The zero-order chi connectivity index (χ0) is 17.6. The summed E-state index contributed by atoms with van der Waals surface area (Å²) >= 11 is 1.69. The van der Waals surface area contributed by atoms with E-state index in [0.717, 1.165) is 37.1 Å². The molecule has 3 rings (SSSR count). The van der Waals surface area contributed by atoms with E-state index in [0.29, 0.717) is 6.54 Å². The van der Waals surface area contributed by atoms with Crippen molar-refractivity contribution in [2.45, 2.75) is 19.4 Å². The van der Waals surface area contributed by atoms with Gasteiger partial charge in [-0.1, -0.05) is 30.3 Å². The van der Waals surface area contributed by atoms with E-state index in [1.807, 2.05) is 26.2 Å². The molecule has 0 fully saturated rings. The second-order valence-corrected chi connectivity index (χ2v) is 7.45. The van der Waals surface area contributed by atoms with Gasteiger partial charge in [0.1, 0.15) is 5.69 Å². The second-order valence-electron chi connectivity index (χ2n) is 6.50. The minimum absolute atomic E-state index is 0.0233. The van der Waals surface area contributed by atoms with E-state index in [-0.39, 0.29) is 5.91 Å². The van der Waals surface area contributed by atoms with Crippen LogP contribution >= 0.6 is 11.3 Å². The van der Waals surface area contributed by atoms with Gasteiger partial charge in [-0.3, -0.25) is 4.79 Å². The SMILES string of the molecule is CN(C)CCCNC(=O)c1cc2sccc2n1CCc1ccccc1. The Morgan fingerprint density at radius 2 is 2.00 bits per heavy atom. The third-order valence-electron chi connectivity index (χ3n) is 4.29. The van der Waals surface area contributed by atoms with Gasteiger partial charge in [-0.15, -0.1) is 11.3 Å². The van der Waals surface area contributed by atoms with Crippen LogP contribution in [0.25, 0.3) is 10.2 Å². The normalized spacial score (nSPS) is 11.3. The molecule has 0 aliphatic rings. The Kier molecular flexibility index (Phi) is 5.89. The van der Waals surface area contributed by atoms with Crippen LogP contribution < -0.4 is 5.32 Å². The van der Waals surface area contributed by atoms with Crippen LogP contribution in [0.2, 0.25) is 0 Å². The Balaban J connectivity index is 1.71. The molecule has 4 nitrogen and oxygen atoms in total. The smallest absolute Gasteiger partial charge is 0.267 e. The van der Waals surface area contributed by atoms with E-state index in [9.17, 15) is 4.79 Å². The van der Waals surface area contributed by atoms with E-state index in [2.05, 4.69) is 50.5 Å². The lowest BCUT2D eigenvalue weighted by Crippen LogP contribution is -2.29. The van der Waals surface area contributed by atoms with Gasteiger partial charge >= 0.3 is 0 Å². The lowest BCUT2D eigenvalue weighted by atomic mass is 10.1. The van der Waals surface area contributed by atoms with Gasteiger partial charge in [0.25, 0.3) is 5.91 Å². The number of amides is 1. The largest absolute Gasteiger partial charge is 0.351 e. The standard InChI is InChI=1S/C20H25N3OS/c1-22(2)12-6-11-21-20(24)18-15-19-17(10-14-25-19)23(18)13-9-16-7-4-3-5-8-16/h3-5,7-8,10,14-15H,6,9,11-13H2,1-2H3,(H,21,24). The number of nitrogens with zero attached hydrogens (tertiary/aromatic N) is 2. The number of carbonyl (C=O) groups is 1. The van der Waals surface area contributed by atoms with Crippen LogP contribution in [0.4, 0.5) is 0 Å². The fourth-order valence-corrected chi connectivity index (χ4v) is 3.80. The van der Waals surface area contributed by atoms with Crippen molar-refractivity contribution in [3.63, 3.8) is 0 Å². The third-order valence-corrected chi connectivity index (χ3v) is 5.14. The van der Waals surface area contributed by atoms with Crippen LogP contribution in [-0.4, -0.2) is 42.6 Å². The maximum Gasteiger partial charge on any atom is 0.267 e. The molecule has 3 aromatic rings. The van der Waals surface area contributed by atoms with Crippen molar-refractivity contribution in [3.05, 3.63) is 59.1 Å². The fourth-order valence-electron chi connectivity index (χ4n) is 2.98. The summed E-state index contributed by atoms with van der Waals surface area (Å²) in [5, 5.41) is 5.15. The molecule has 1 aromatic carbocycles. The third kappa shape index (κ3) is 4.50. The molecular weight excluding hydrogens is 330 g/mol. The van der Waals surface area contributed by atoms with Crippen molar-refractivity contribution in [2.75, 3.05) is 27.2 Å². The average molecular weight is 356 g/mol. The molecule has 0 unspecified atom stereocenters. The minimum Gasteiger partial charge on any atom is -0.351 e. The zero-order valence-electron chi connectivity index (χ0n) is 14.9. The number of hydrogen-bond donors (Lipinski definition) is 1. The highest BCUT2D eigenvalue weighted by Crippen LogP contribution is 2.25. The molecule has 0 aliphatic carbocycles. The first kappa shape index (κ1) is 17.7. The molecule has 0 spiro atoms. The van der Waals surface area contributed by atoms with Gasteiger partial charge in [-0.05, 0) is 56.6 Å². The number of nitrogens with one attached hydrogen (secondary N) is 1. The van der Waals surface area contributed by atoms with E-state index < -0.39 is 0 Å². The average Bonchev–Trinajstić information content (AvgIpc) is 3.19. The maximum absolute atomic E-state index is 12.6. The number of aromatic nitrogens is 1. The molecule has 0 atom stereocenters. The predicted octanol–water partition coefficient (Wildman–Crippen LogP) is 3.63. The van der Waals surface area contributed by atoms with Gasteiger partial charge in [-0.2, -0.15) is 0 Å². The Bertz CT molecular complexity index is 820. The summed E-state index contributed by atoms with van der Waals surface area (Å²) in [6.07, 6.45) is 1.87. The molecule has 25 heavy (non-hydrogen) atoms. The first-order valence-electron chi connectivity index (χ1n) is 8.69. The summed E-state index contributed by atoms with van der Waals surface area (Å²) in [6.45, 7) is 2.49. The molecule has 2 heterocycles. The van der Waals surface area contributed by atoms with Crippen molar-refractivity contribution in [3.8, 4) is 0 Å². The summed E-state index contributed by atoms with van der Waals surface area (Å²) in [4.78, 5) is 14.8. The highest BCUT2D eigenvalue weighted by molar-refractivity contribution is 7.17. The number of carbonyl (C=O) groups excluding carboxylic acids is 1. The molecule has 1 amide bonds. The number of benzene rings is 1. The highest BCUT2D eigenvalue weighted by Gasteiger charge is 2.16. The summed E-state index contributed by atoms with van der Waals surface area (Å²) in [7, 11) is 4.09. The van der Waals surface area contributed by atoms with Gasteiger partial charge in [0.15, 0.2) is 0 Å². The molecule has 2 aromatic heterocycles. The molecular formula is C20H25N3OS. The number of hydrogen-bond acceptors (Lipinski definition) is 3. The van der Waals surface area contributed by atoms with E-state index in [1.165, 1.54) is 10.3 Å². The van der Waals surface area contributed by atoms with Crippen LogP contribution in [0.3, 0.4) is 0 Å². The Labute approximate surface area is 153 Å². The van der Waals surface area contributed by atoms with Crippen LogP contribution in [-0.2, 0) is 13.0 Å². The van der Waals surface area contributed by atoms with Crippen molar-refractivity contribution < 1.29 is 4.79 Å². The summed E-state index contributed by atoms with van der Waals surface area (Å²) in [5.74, 6) is 0.0233. The summed E-state index contributed by atoms with van der Waals surface area (Å²) in [6, 6.07) is 14.5. The second kappa shape index (κ2) is 8.32. The number of aryl methyl sites for hydroxylation is 2. The zero-order valence-corrected chi connectivity index (χ0v) is 15.7. The molecule has 0 saturated heterocycles. The predicted molar refractivity (Wildman–Crippen MR) is 105 cm³/mol. The van der Waals surface area contributed by atoms with Crippen LogP contribution in [0.15, 0.2) is 47.8 Å². The topological polar surface area (TPSA) is 37.3 Å². The van der Waals surface area contributed by atoms with E-state index >= 15 is 0 Å². The van der Waals surface area contributed by atoms with Crippen molar-refractivity contribution in [2.24, 2.45) is 0 Å². The first-order chi connectivity index (χ1) is 12.1. The molecule has 0 aliphatic heterocycles. The lowest BCUT2D eigenvalue weighted by molar-refractivity contribution is 0.0943. The van der Waals surface area contributed by atoms with E-state index in [4.69, 9.17) is 0 Å². The number of rotatable bonds is 8. The van der Waals surface area contributed by atoms with Gasteiger partial charge in [0.05, 0.1) is 10.2 Å². The van der Waals surface area contributed by atoms with Crippen LogP contribution in [0.5, 0.6) is 0 Å². The van der Waals surface area contributed by atoms with Gasteiger partial charge in [0.2, 0.25) is 0 Å². The van der Waals surface area contributed by atoms with Gasteiger partial charge < -0.3 is 14.8 Å². The summed E-state index contributed by atoms with van der Waals surface area (Å²) < 4.78 is 3.33. The van der Waals surface area contributed by atoms with Crippen molar-refractivity contribution >= 4 is 27.5 Å². The molecule has 0 saturated carbocycles. The first-order valence-corrected chi connectivity index (χ1v) is 9.56. The monoisotopic (exact) mass is 355 g/mol. The molecule has 1 N–H and O–H groups in total. The Hall–Kier alpha value is -2.11. The van der Waals surface area contributed by atoms with E-state index in [1.54, 1.807) is 11.3 Å². The van der Waals surface area contributed by atoms with Crippen LogP contribution in [0.1, 0.15) is 22.5 Å². The Morgan fingerprint density at radius 1 is 1.20 bits per heavy atom. The molecule has 0 bridgehead atoms. The van der Waals surface area contributed by atoms with Crippen LogP contribution in [0, 0.1) is 0 Å². The fraction of sp³-hybridized carbons (Fsp3) is 0.350. The summed E-state index contributed by atoms with van der Waals surface area (Å²) in [5.41, 5.74) is 3.21. The van der Waals surface area contributed by atoms with Crippen molar-refractivity contribution in [1.82, 2.24) is 14.8 Å². The molecule has 132 valence electrons.